The molecule has 24 heavy (non-hydrogen) atoms. The van der Waals surface area contributed by atoms with E-state index in [9.17, 15) is 13.0 Å². The summed E-state index contributed by atoms with van der Waals surface area (Å²) < 4.78 is 42.1. The van der Waals surface area contributed by atoms with Crippen LogP contribution in [0.2, 0.25) is 0 Å². The summed E-state index contributed by atoms with van der Waals surface area (Å²) in [6.45, 7) is 6.90. The molecule has 0 N–H and O–H groups in total. The van der Waals surface area contributed by atoms with Crippen LogP contribution in [-0.4, -0.2) is 19.3 Å². The van der Waals surface area contributed by atoms with Gasteiger partial charge >= 0.3 is 29.6 Å². The first-order chi connectivity index (χ1) is 11.0. The normalized spacial score (nSPS) is 11.1. The molecule has 0 aliphatic heterocycles. The van der Waals surface area contributed by atoms with Crippen LogP contribution < -0.4 is 29.6 Å². The Morgan fingerprint density at radius 3 is 2.00 bits per heavy atom. The molecule has 0 bridgehead atoms. The molecule has 0 amide bonds. The van der Waals surface area contributed by atoms with Crippen LogP contribution in [0.15, 0.2) is 53.1 Å². The van der Waals surface area contributed by atoms with E-state index in [2.05, 4.69) is 13.2 Å². The van der Waals surface area contributed by atoms with E-state index >= 15 is 0 Å². The third-order valence-corrected chi connectivity index (χ3v) is 3.82. The number of benzene rings is 1. The van der Waals surface area contributed by atoms with Crippen molar-refractivity contribution in [3.05, 3.63) is 53.8 Å². The molecule has 0 unspecified atom stereocenters. The number of rotatable bonds is 12. The summed E-state index contributed by atoms with van der Waals surface area (Å²) in [4.78, 5) is 9.68. The fourth-order valence-corrected chi connectivity index (χ4v) is 2.25. The fourth-order valence-electron chi connectivity index (χ4n) is 1.41. The Morgan fingerprint density at radius 1 is 1.08 bits per heavy atom. The Morgan fingerprint density at radius 2 is 1.58 bits per heavy atom. The zero-order chi connectivity index (χ0) is 17.1. The maximum atomic E-state index is 10.9. The van der Waals surface area contributed by atoms with E-state index in [1.54, 1.807) is 12.1 Å². The summed E-state index contributed by atoms with van der Waals surface area (Å²) in [6, 6.07) is 5.59. The molecule has 0 saturated heterocycles. The van der Waals surface area contributed by atoms with Gasteiger partial charge in [-0.3, -0.25) is 0 Å². The molecular weight excluding hydrogens is 387 g/mol. The average molecular weight is 402 g/mol. The Kier molecular flexibility index (Phi) is 13.5. The SMILES string of the molecule is C=CSOOC(CCc1ccc(S(=O)(=O)[O-])cc1)OOSC=C.[Na+]. The molecule has 1 aromatic carbocycles. The summed E-state index contributed by atoms with van der Waals surface area (Å²) >= 11 is 1.76. The van der Waals surface area contributed by atoms with Gasteiger partial charge in [-0.15, -0.1) is 0 Å². The Balaban J connectivity index is 0.00000529. The summed E-state index contributed by atoms with van der Waals surface area (Å²) in [7, 11) is -4.44. The zero-order valence-corrected chi connectivity index (χ0v) is 17.4. The van der Waals surface area contributed by atoms with Gasteiger partial charge in [0, 0.05) is 6.42 Å². The average Bonchev–Trinajstić information content (AvgIpc) is 2.52. The van der Waals surface area contributed by atoms with Gasteiger partial charge in [-0.05, 0) is 34.9 Å². The van der Waals surface area contributed by atoms with Crippen molar-refractivity contribution in [2.24, 2.45) is 0 Å². The molecule has 1 rings (SSSR count). The fraction of sp³-hybridized carbons (Fsp3) is 0.231. The van der Waals surface area contributed by atoms with E-state index in [1.165, 1.54) is 22.9 Å². The maximum absolute atomic E-state index is 10.9. The summed E-state index contributed by atoms with van der Waals surface area (Å²) in [6.07, 6.45) is 0.0188. The molecule has 0 fully saturated rings. The van der Waals surface area contributed by atoms with Crippen molar-refractivity contribution in [1.29, 1.82) is 0 Å². The van der Waals surface area contributed by atoms with Gasteiger partial charge in [0.25, 0.3) is 0 Å². The van der Waals surface area contributed by atoms with Crippen LogP contribution in [0, 0.1) is 0 Å². The van der Waals surface area contributed by atoms with Crippen LogP contribution in [0.25, 0.3) is 0 Å². The van der Waals surface area contributed by atoms with Gasteiger partial charge in [-0.25, -0.2) is 8.42 Å². The van der Waals surface area contributed by atoms with Gasteiger partial charge in [0.05, 0.1) is 29.0 Å². The van der Waals surface area contributed by atoms with E-state index in [0.29, 0.717) is 12.8 Å². The third-order valence-electron chi connectivity index (χ3n) is 2.39. The predicted molar refractivity (Wildman–Crippen MR) is 86.4 cm³/mol. The second-order valence-electron chi connectivity index (χ2n) is 3.92. The van der Waals surface area contributed by atoms with E-state index in [-0.39, 0.29) is 34.5 Å². The molecule has 0 atom stereocenters. The van der Waals surface area contributed by atoms with E-state index < -0.39 is 16.4 Å². The summed E-state index contributed by atoms with van der Waals surface area (Å²) in [5, 5.41) is 2.86. The number of hydrogen-bond acceptors (Lipinski definition) is 9. The van der Waals surface area contributed by atoms with Crippen molar-refractivity contribution >= 4 is 34.2 Å². The first kappa shape index (κ1) is 24.1. The van der Waals surface area contributed by atoms with Crippen molar-refractivity contribution in [3.8, 4) is 0 Å². The minimum Gasteiger partial charge on any atom is -0.744 e. The maximum Gasteiger partial charge on any atom is 1.00 e. The monoisotopic (exact) mass is 402 g/mol. The molecule has 0 aromatic heterocycles. The van der Waals surface area contributed by atoms with Crippen LogP contribution in [-0.2, 0) is 35.0 Å². The van der Waals surface area contributed by atoms with Crippen LogP contribution in [0.5, 0.6) is 0 Å². The van der Waals surface area contributed by atoms with Crippen molar-refractivity contribution in [2.45, 2.75) is 24.0 Å². The second-order valence-corrected chi connectivity index (χ2v) is 6.62. The van der Waals surface area contributed by atoms with Crippen molar-refractivity contribution in [1.82, 2.24) is 0 Å². The van der Waals surface area contributed by atoms with Gasteiger partial charge in [0.2, 0.25) is 6.29 Å². The quantitative estimate of drug-likeness (QED) is 0.0932. The first-order valence-corrected chi connectivity index (χ1v) is 9.23. The molecule has 7 nitrogen and oxygen atoms in total. The third kappa shape index (κ3) is 10.2. The van der Waals surface area contributed by atoms with E-state index in [4.69, 9.17) is 18.4 Å². The molecule has 128 valence electrons. The number of aryl methyl sites for hydroxylation is 1. The molecule has 0 saturated carbocycles. The minimum absolute atomic E-state index is 0. The second kappa shape index (κ2) is 13.4. The molecule has 0 spiro atoms. The Bertz CT molecular complexity index is 578. The predicted octanol–water partition coefficient (Wildman–Crippen LogP) is 0.333. The molecule has 0 aliphatic carbocycles. The van der Waals surface area contributed by atoms with Gasteiger partial charge in [-0.1, -0.05) is 25.3 Å². The van der Waals surface area contributed by atoms with Crippen molar-refractivity contribution in [3.63, 3.8) is 0 Å². The van der Waals surface area contributed by atoms with Crippen molar-refractivity contribution in [2.75, 3.05) is 0 Å². The Hall–Kier alpha value is 0.150. The van der Waals surface area contributed by atoms with Gasteiger partial charge < -0.3 is 4.55 Å². The smallest absolute Gasteiger partial charge is 0.744 e. The largest absolute Gasteiger partial charge is 1.00 e. The van der Waals surface area contributed by atoms with Crippen LogP contribution in [0.4, 0.5) is 0 Å². The van der Waals surface area contributed by atoms with Crippen LogP contribution in [0.3, 0.4) is 0 Å². The first-order valence-electron chi connectivity index (χ1n) is 6.21. The van der Waals surface area contributed by atoms with Gasteiger partial charge in [0.15, 0.2) is 0 Å². The minimum atomic E-state index is -4.44. The molecule has 1 aromatic rings. The zero-order valence-electron chi connectivity index (χ0n) is 13.0. The summed E-state index contributed by atoms with van der Waals surface area (Å²) in [5.74, 6) is 0. The number of hydrogen-bond donors (Lipinski definition) is 0. The van der Waals surface area contributed by atoms with E-state index in [0.717, 1.165) is 29.6 Å². The molecule has 0 aliphatic rings. The molecule has 0 radical (unpaired) electrons. The molecular formula is C13H15NaO7S3. The van der Waals surface area contributed by atoms with Crippen molar-refractivity contribution < 1.29 is 61.0 Å². The Labute approximate surface area is 172 Å². The topological polar surface area (TPSA) is 94.1 Å². The van der Waals surface area contributed by atoms with E-state index in [1.807, 2.05) is 0 Å². The summed E-state index contributed by atoms with van der Waals surface area (Å²) in [5.41, 5.74) is 0.794. The van der Waals surface area contributed by atoms with Gasteiger partial charge in [0.1, 0.15) is 10.1 Å². The molecule has 11 heteroatoms. The standard InChI is InChI=1S/C13H16O7S3.Na/c1-3-21-19-17-13(18-20-22-4-2)10-7-11-5-8-12(9-6-11)23(14,15)16;/h3-6,8-9,13H,1-2,7,10H2,(H,14,15,16);/q;+1/p-1. The van der Waals surface area contributed by atoms with Crippen LogP contribution in [0.1, 0.15) is 12.0 Å². The van der Waals surface area contributed by atoms with Gasteiger partial charge in [-0.2, -0.15) is 18.4 Å². The van der Waals surface area contributed by atoms with Crippen LogP contribution >= 0.6 is 24.1 Å². The molecule has 0 heterocycles.